The summed E-state index contributed by atoms with van der Waals surface area (Å²) in [4.78, 5) is 41.5. The number of amides is 1. The molecular formula is C11H17N5O4S. The van der Waals surface area contributed by atoms with Crippen LogP contribution in [0.3, 0.4) is 0 Å². The molecule has 3 unspecified atom stereocenters. The molecule has 10 heteroatoms. The summed E-state index contributed by atoms with van der Waals surface area (Å²) in [5, 5.41) is 10.3. The Labute approximate surface area is 122 Å². The minimum absolute atomic E-state index is 0.0633. The minimum atomic E-state index is -1.57. The van der Waals surface area contributed by atoms with Crippen molar-refractivity contribution in [3.05, 3.63) is 18.2 Å². The van der Waals surface area contributed by atoms with Crippen LogP contribution in [0.15, 0.2) is 12.5 Å². The van der Waals surface area contributed by atoms with Crippen molar-refractivity contribution >= 4 is 27.9 Å². The second kappa shape index (κ2) is 6.24. The second-order valence-corrected chi connectivity index (χ2v) is 7.00. The van der Waals surface area contributed by atoms with Crippen molar-refractivity contribution < 1.29 is 19.5 Å². The van der Waals surface area contributed by atoms with Gasteiger partial charge in [-0.1, -0.05) is 0 Å². The summed E-state index contributed by atoms with van der Waals surface area (Å²) in [5.41, 5.74) is 11.8. The first-order valence-electron chi connectivity index (χ1n) is 6.21. The van der Waals surface area contributed by atoms with Gasteiger partial charge in [-0.05, 0) is 0 Å². The number of thiol groups is 1. The highest BCUT2D eigenvalue weighted by molar-refractivity contribution is 8.31. The summed E-state index contributed by atoms with van der Waals surface area (Å²) in [6.07, 6.45) is 3.28. The van der Waals surface area contributed by atoms with Gasteiger partial charge < -0.3 is 21.6 Å². The number of H-pyrrole nitrogens is 1. The largest absolute Gasteiger partial charge is 0.480 e. The topological polar surface area (TPSA) is 164 Å². The fraction of sp³-hybridized carbons (Fsp3) is 0.455. The Balaban J connectivity index is 2.08. The van der Waals surface area contributed by atoms with Gasteiger partial charge in [0.05, 0.1) is 12.4 Å². The van der Waals surface area contributed by atoms with E-state index in [0.717, 1.165) is 0 Å². The number of hydrogen-bond acceptors (Lipinski definition) is 6. The number of nitrogens with zero attached hydrogens (tertiary/aromatic N) is 1. The number of carbonyl (C=O) groups excluding carboxylic acids is 2. The number of primary amides is 1. The molecule has 116 valence electrons. The molecule has 1 aromatic heterocycles. The molecule has 4 atom stereocenters. The average Bonchev–Trinajstić information content (AvgIpc) is 3.06. The number of aromatic nitrogens is 2. The number of rotatable bonds is 5. The average molecular weight is 315 g/mol. The van der Waals surface area contributed by atoms with Gasteiger partial charge in [0.15, 0.2) is 5.12 Å². The van der Waals surface area contributed by atoms with Gasteiger partial charge in [-0.15, -0.1) is 0 Å². The lowest BCUT2D eigenvalue weighted by Crippen LogP contribution is -2.44. The van der Waals surface area contributed by atoms with E-state index < -0.39 is 40.2 Å². The fourth-order valence-corrected chi connectivity index (χ4v) is 4.66. The molecule has 2 heterocycles. The van der Waals surface area contributed by atoms with Crippen molar-refractivity contribution in [2.75, 3.05) is 5.75 Å². The van der Waals surface area contributed by atoms with E-state index in [-0.39, 0.29) is 17.3 Å². The summed E-state index contributed by atoms with van der Waals surface area (Å²) in [6.45, 7) is 0. The molecule has 1 fully saturated rings. The van der Waals surface area contributed by atoms with Crippen LogP contribution in [0.2, 0.25) is 0 Å². The van der Waals surface area contributed by atoms with Gasteiger partial charge in [0, 0.05) is 24.1 Å². The molecule has 1 aliphatic rings. The molecule has 0 radical (unpaired) electrons. The van der Waals surface area contributed by atoms with Gasteiger partial charge in [-0.2, -0.15) is 10.9 Å². The summed E-state index contributed by atoms with van der Waals surface area (Å²) < 4.78 is 0. The fourth-order valence-electron chi connectivity index (χ4n) is 2.17. The SMILES string of the molecule is NC(=O)C1NC(C(=O)O)C[SH]1C(=O)[C@H](N)Cc1cnc[nH]1. The third-order valence-corrected chi connectivity index (χ3v) is 5.90. The van der Waals surface area contributed by atoms with Crippen molar-refractivity contribution in [2.45, 2.75) is 23.9 Å². The molecular weight excluding hydrogens is 298 g/mol. The Morgan fingerprint density at radius 3 is 2.76 bits per heavy atom. The number of carboxylic acid groups (broad SMARTS) is 1. The lowest BCUT2D eigenvalue weighted by atomic mass is 10.2. The van der Waals surface area contributed by atoms with Crippen molar-refractivity contribution in [1.82, 2.24) is 15.3 Å². The van der Waals surface area contributed by atoms with Crippen molar-refractivity contribution in [1.29, 1.82) is 0 Å². The standard InChI is InChI=1S/C11H17N5O4S/c12-6(1-5-2-14-4-15-5)11(20)21-3-7(10(18)19)16-9(21)8(13)17/h2,4,6-7,9,16,21H,1,3,12H2,(H2,13,17)(H,14,15)(H,18,19)/t6-,7?,9?/m1/s1. The normalized spacial score (nSPS) is 28.1. The van der Waals surface area contributed by atoms with Crippen LogP contribution < -0.4 is 16.8 Å². The van der Waals surface area contributed by atoms with E-state index in [1.165, 1.54) is 6.33 Å². The number of aromatic amines is 1. The van der Waals surface area contributed by atoms with Crippen LogP contribution in [0.5, 0.6) is 0 Å². The van der Waals surface area contributed by atoms with Gasteiger partial charge >= 0.3 is 5.97 Å². The molecule has 0 aromatic carbocycles. The smallest absolute Gasteiger partial charge is 0.321 e. The highest BCUT2D eigenvalue weighted by Crippen LogP contribution is 2.38. The molecule has 1 aromatic rings. The van der Waals surface area contributed by atoms with E-state index in [9.17, 15) is 14.4 Å². The van der Waals surface area contributed by atoms with E-state index >= 15 is 0 Å². The zero-order valence-electron chi connectivity index (χ0n) is 11.0. The number of aliphatic carboxylic acids is 1. The summed E-state index contributed by atoms with van der Waals surface area (Å²) in [6, 6.07) is -1.77. The Morgan fingerprint density at radius 2 is 2.24 bits per heavy atom. The van der Waals surface area contributed by atoms with Crippen LogP contribution >= 0.6 is 10.9 Å². The maximum Gasteiger partial charge on any atom is 0.321 e. The van der Waals surface area contributed by atoms with Crippen molar-refractivity contribution in [3.8, 4) is 0 Å². The molecule has 0 saturated carbocycles. The lowest BCUT2D eigenvalue weighted by molar-refractivity contribution is -0.138. The highest BCUT2D eigenvalue weighted by atomic mass is 32.2. The van der Waals surface area contributed by atoms with E-state index in [0.29, 0.717) is 5.69 Å². The predicted octanol–water partition coefficient (Wildman–Crippen LogP) is -2.32. The zero-order valence-corrected chi connectivity index (χ0v) is 11.9. The first kappa shape index (κ1) is 15.5. The molecule has 7 N–H and O–H groups in total. The minimum Gasteiger partial charge on any atom is -0.480 e. The quantitative estimate of drug-likeness (QED) is 0.332. The summed E-state index contributed by atoms with van der Waals surface area (Å²) >= 11 is 0. The van der Waals surface area contributed by atoms with Crippen LogP contribution in [-0.4, -0.2) is 55.3 Å². The Bertz CT molecular complexity index is 549. The number of hydrogen-bond donors (Lipinski definition) is 6. The molecule has 9 nitrogen and oxygen atoms in total. The molecule has 0 bridgehead atoms. The van der Waals surface area contributed by atoms with Crippen LogP contribution in [0.4, 0.5) is 0 Å². The highest BCUT2D eigenvalue weighted by Gasteiger charge is 2.42. The second-order valence-electron chi connectivity index (χ2n) is 4.74. The molecule has 0 aliphatic carbocycles. The third-order valence-electron chi connectivity index (χ3n) is 3.21. The number of nitrogens with one attached hydrogen (secondary N) is 2. The van der Waals surface area contributed by atoms with Crippen molar-refractivity contribution in [2.24, 2.45) is 11.5 Å². The lowest BCUT2D eigenvalue weighted by Gasteiger charge is -2.22. The first-order chi connectivity index (χ1) is 9.90. The number of nitrogens with two attached hydrogens (primary N) is 2. The Hall–Kier alpha value is -1.91. The van der Waals surface area contributed by atoms with Gasteiger partial charge in [0.1, 0.15) is 11.4 Å². The van der Waals surface area contributed by atoms with Gasteiger partial charge in [-0.3, -0.25) is 19.7 Å². The monoisotopic (exact) mass is 315 g/mol. The predicted molar refractivity (Wildman–Crippen MR) is 76.7 cm³/mol. The first-order valence-corrected chi connectivity index (χ1v) is 7.81. The Kier molecular flexibility index (Phi) is 4.60. The number of carboxylic acids is 1. The van der Waals surface area contributed by atoms with Crippen LogP contribution in [-0.2, 0) is 20.8 Å². The molecule has 0 spiro atoms. The van der Waals surface area contributed by atoms with E-state index in [2.05, 4.69) is 15.3 Å². The zero-order chi connectivity index (χ0) is 15.6. The van der Waals surface area contributed by atoms with Crippen LogP contribution in [0, 0.1) is 0 Å². The van der Waals surface area contributed by atoms with Gasteiger partial charge in [0.2, 0.25) is 5.91 Å². The van der Waals surface area contributed by atoms with E-state index in [4.69, 9.17) is 16.6 Å². The summed E-state index contributed by atoms with van der Waals surface area (Å²) in [5.74, 6) is -1.78. The molecule has 2 rings (SSSR count). The number of imidazole rings is 1. The summed E-state index contributed by atoms with van der Waals surface area (Å²) in [7, 11) is -1.57. The van der Waals surface area contributed by atoms with Gasteiger partial charge in [0.25, 0.3) is 0 Å². The van der Waals surface area contributed by atoms with E-state index in [1.54, 1.807) is 6.20 Å². The van der Waals surface area contributed by atoms with Crippen molar-refractivity contribution in [3.63, 3.8) is 0 Å². The van der Waals surface area contributed by atoms with Crippen LogP contribution in [0.25, 0.3) is 0 Å². The Morgan fingerprint density at radius 1 is 1.52 bits per heavy atom. The number of carbonyl (C=O) groups is 3. The maximum atomic E-state index is 12.4. The molecule has 1 amide bonds. The molecule has 1 saturated heterocycles. The van der Waals surface area contributed by atoms with Gasteiger partial charge in [-0.25, -0.2) is 4.98 Å². The molecule has 21 heavy (non-hydrogen) atoms. The van der Waals surface area contributed by atoms with Crippen LogP contribution in [0.1, 0.15) is 5.69 Å². The van der Waals surface area contributed by atoms with E-state index in [1.807, 2.05) is 0 Å². The maximum absolute atomic E-state index is 12.4. The third kappa shape index (κ3) is 3.40. The molecule has 1 aliphatic heterocycles.